The first kappa shape index (κ1) is 16.9. The molecular formula is C19H24N4O3. The molecular weight excluding hydrogens is 332 g/mol. The van der Waals surface area contributed by atoms with Crippen LogP contribution in [0.4, 0.5) is 0 Å². The van der Waals surface area contributed by atoms with E-state index >= 15 is 0 Å². The lowest BCUT2D eigenvalue weighted by molar-refractivity contribution is -0.132. The molecule has 1 aliphatic heterocycles. The monoisotopic (exact) mass is 356 g/mol. The average Bonchev–Trinajstić information content (AvgIpc) is 2.99. The van der Waals surface area contributed by atoms with Gasteiger partial charge in [-0.15, -0.1) is 0 Å². The number of rotatable bonds is 3. The first-order valence-electron chi connectivity index (χ1n) is 9.36. The predicted molar refractivity (Wildman–Crippen MR) is 99.2 cm³/mol. The number of hydrogen-bond acceptors (Lipinski definition) is 4. The minimum atomic E-state index is -0.239. The number of fused-ring (bicyclic) bond motifs is 3. The third-order valence-corrected chi connectivity index (χ3v) is 5.22. The maximum absolute atomic E-state index is 13.0. The summed E-state index contributed by atoms with van der Waals surface area (Å²) in [5.74, 6) is 0.773. The van der Waals surface area contributed by atoms with E-state index in [0.29, 0.717) is 23.0 Å². The molecule has 0 aliphatic carbocycles. The Morgan fingerprint density at radius 3 is 2.65 bits per heavy atom. The largest absolute Gasteiger partial charge is 0.459 e. The van der Waals surface area contributed by atoms with E-state index in [1.807, 2.05) is 29.4 Å². The first-order chi connectivity index (χ1) is 12.6. The van der Waals surface area contributed by atoms with Crippen LogP contribution in [0.3, 0.4) is 0 Å². The molecule has 1 saturated heterocycles. The molecule has 0 radical (unpaired) electrons. The Kier molecular flexibility index (Phi) is 4.30. The highest BCUT2D eigenvalue weighted by Crippen LogP contribution is 2.29. The van der Waals surface area contributed by atoms with E-state index in [1.54, 1.807) is 6.20 Å². The molecule has 7 nitrogen and oxygen atoms in total. The van der Waals surface area contributed by atoms with Crippen molar-refractivity contribution >= 4 is 27.9 Å². The second kappa shape index (κ2) is 6.63. The van der Waals surface area contributed by atoms with Crippen LogP contribution >= 0.6 is 0 Å². The molecule has 1 fully saturated rings. The molecule has 26 heavy (non-hydrogen) atoms. The smallest absolute Gasteiger partial charge is 0.291 e. The van der Waals surface area contributed by atoms with Crippen LogP contribution < -0.4 is 5.56 Å². The van der Waals surface area contributed by atoms with Crippen LogP contribution in [0, 0.1) is 6.92 Å². The zero-order valence-electron chi connectivity index (χ0n) is 15.3. The minimum absolute atomic E-state index is 0.00986. The van der Waals surface area contributed by atoms with Crippen molar-refractivity contribution in [3.8, 4) is 0 Å². The molecule has 0 spiro atoms. The Morgan fingerprint density at radius 2 is 1.96 bits per heavy atom. The Balaban J connectivity index is 1.73. The summed E-state index contributed by atoms with van der Waals surface area (Å²) in [6.07, 6.45) is 6.03. The lowest BCUT2D eigenvalue weighted by atomic mass is 10.2. The standard InChI is InChI=1S/C19H24N4O3/c1-3-22-15-10-13(2)26-18(15)14-11-20-23(19(25)17(14)22)12-16(24)21-8-6-4-5-7-9-21/h10-11H,3-9,12H2,1-2H3. The van der Waals surface area contributed by atoms with Crippen LogP contribution in [-0.2, 0) is 17.9 Å². The normalized spacial score (nSPS) is 15.7. The molecule has 138 valence electrons. The van der Waals surface area contributed by atoms with E-state index in [4.69, 9.17) is 4.42 Å². The number of carbonyl (C=O) groups excluding carboxylic acids is 1. The Labute approximate surface area is 151 Å². The van der Waals surface area contributed by atoms with Crippen molar-refractivity contribution in [2.45, 2.75) is 52.6 Å². The van der Waals surface area contributed by atoms with Crippen molar-refractivity contribution in [1.29, 1.82) is 0 Å². The molecule has 1 aliphatic rings. The summed E-state index contributed by atoms with van der Waals surface area (Å²) in [6, 6.07) is 1.94. The van der Waals surface area contributed by atoms with Gasteiger partial charge in [0, 0.05) is 25.7 Å². The second-order valence-corrected chi connectivity index (χ2v) is 6.98. The van der Waals surface area contributed by atoms with Gasteiger partial charge >= 0.3 is 0 Å². The molecule has 3 aromatic rings. The molecule has 4 heterocycles. The first-order valence-corrected chi connectivity index (χ1v) is 9.36. The Bertz CT molecular complexity index is 1020. The van der Waals surface area contributed by atoms with Crippen LogP contribution in [0.15, 0.2) is 21.5 Å². The summed E-state index contributed by atoms with van der Waals surface area (Å²) < 4.78 is 8.99. The van der Waals surface area contributed by atoms with Crippen LogP contribution in [-0.4, -0.2) is 38.2 Å². The molecule has 4 rings (SSSR count). The fourth-order valence-electron chi connectivity index (χ4n) is 3.91. The number of amides is 1. The van der Waals surface area contributed by atoms with Crippen LogP contribution in [0.5, 0.6) is 0 Å². The number of likely N-dealkylation sites (tertiary alicyclic amines) is 1. The van der Waals surface area contributed by atoms with Gasteiger partial charge in [-0.3, -0.25) is 9.59 Å². The average molecular weight is 356 g/mol. The van der Waals surface area contributed by atoms with Crippen LogP contribution in [0.25, 0.3) is 22.0 Å². The van der Waals surface area contributed by atoms with Gasteiger partial charge in [-0.2, -0.15) is 5.10 Å². The zero-order valence-corrected chi connectivity index (χ0v) is 15.3. The molecule has 0 N–H and O–H groups in total. The number of aryl methyl sites for hydroxylation is 2. The molecule has 7 heteroatoms. The van der Waals surface area contributed by atoms with Crippen LogP contribution in [0.2, 0.25) is 0 Å². The zero-order chi connectivity index (χ0) is 18.3. The number of carbonyl (C=O) groups is 1. The van der Waals surface area contributed by atoms with Gasteiger partial charge in [-0.25, -0.2) is 4.68 Å². The van der Waals surface area contributed by atoms with Crippen LogP contribution in [0.1, 0.15) is 38.4 Å². The predicted octanol–water partition coefficient (Wildman–Crippen LogP) is 2.68. The van der Waals surface area contributed by atoms with Crippen molar-refractivity contribution < 1.29 is 9.21 Å². The van der Waals surface area contributed by atoms with E-state index in [-0.39, 0.29) is 18.0 Å². The number of furan rings is 1. The van der Waals surface area contributed by atoms with Gasteiger partial charge in [0.15, 0.2) is 5.58 Å². The van der Waals surface area contributed by atoms with Crippen molar-refractivity contribution in [3.63, 3.8) is 0 Å². The lowest BCUT2D eigenvalue weighted by Crippen LogP contribution is -2.38. The van der Waals surface area contributed by atoms with Gasteiger partial charge in [0.25, 0.3) is 5.56 Å². The fourth-order valence-corrected chi connectivity index (χ4v) is 3.91. The fraction of sp³-hybridized carbons (Fsp3) is 0.526. The molecule has 0 bridgehead atoms. The van der Waals surface area contributed by atoms with E-state index in [1.165, 1.54) is 4.68 Å². The summed E-state index contributed by atoms with van der Waals surface area (Å²) in [6.45, 7) is 6.07. The van der Waals surface area contributed by atoms with Crippen molar-refractivity contribution in [2.24, 2.45) is 0 Å². The molecule has 1 amide bonds. The summed E-state index contributed by atoms with van der Waals surface area (Å²) in [5, 5.41) is 4.96. The highest BCUT2D eigenvalue weighted by atomic mass is 16.3. The van der Waals surface area contributed by atoms with Crippen molar-refractivity contribution in [3.05, 3.63) is 28.4 Å². The summed E-state index contributed by atoms with van der Waals surface area (Å²) in [7, 11) is 0. The summed E-state index contributed by atoms with van der Waals surface area (Å²) in [4.78, 5) is 27.5. The molecule has 0 unspecified atom stereocenters. The molecule has 0 saturated carbocycles. The van der Waals surface area contributed by atoms with Gasteiger partial charge in [0.05, 0.1) is 17.1 Å². The third-order valence-electron chi connectivity index (χ3n) is 5.22. The molecule has 0 aromatic carbocycles. The third kappa shape index (κ3) is 2.71. The maximum atomic E-state index is 13.0. The van der Waals surface area contributed by atoms with E-state index < -0.39 is 0 Å². The number of nitrogens with zero attached hydrogens (tertiary/aromatic N) is 4. The van der Waals surface area contributed by atoms with Gasteiger partial charge < -0.3 is 13.9 Å². The number of hydrogen-bond donors (Lipinski definition) is 0. The highest BCUT2D eigenvalue weighted by Gasteiger charge is 2.21. The Morgan fingerprint density at radius 1 is 1.23 bits per heavy atom. The summed E-state index contributed by atoms with van der Waals surface area (Å²) >= 11 is 0. The van der Waals surface area contributed by atoms with Gasteiger partial charge in [-0.1, -0.05) is 12.8 Å². The molecule has 3 aromatic heterocycles. The minimum Gasteiger partial charge on any atom is -0.459 e. The van der Waals surface area contributed by atoms with E-state index in [9.17, 15) is 9.59 Å². The van der Waals surface area contributed by atoms with Gasteiger partial charge in [-0.05, 0) is 26.7 Å². The quantitative estimate of drug-likeness (QED) is 0.723. The Hall–Kier alpha value is -2.57. The second-order valence-electron chi connectivity index (χ2n) is 6.98. The van der Waals surface area contributed by atoms with E-state index in [0.717, 1.165) is 50.0 Å². The van der Waals surface area contributed by atoms with Gasteiger partial charge in [0.1, 0.15) is 17.8 Å². The van der Waals surface area contributed by atoms with E-state index in [2.05, 4.69) is 5.10 Å². The topological polar surface area (TPSA) is 73.3 Å². The van der Waals surface area contributed by atoms with Crippen molar-refractivity contribution in [1.82, 2.24) is 19.2 Å². The summed E-state index contributed by atoms with van der Waals surface area (Å²) in [5.41, 5.74) is 1.90. The highest BCUT2D eigenvalue weighted by molar-refractivity contribution is 6.04. The van der Waals surface area contributed by atoms with Gasteiger partial charge in [0.2, 0.25) is 5.91 Å². The van der Waals surface area contributed by atoms with Crippen molar-refractivity contribution in [2.75, 3.05) is 13.1 Å². The number of aromatic nitrogens is 3. The lowest BCUT2D eigenvalue weighted by Gasteiger charge is -2.20. The maximum Gasteiger partial charge on any atom is 0.291 e. The molecule has 0 atom stereocenters. The SMILES string of the molecule is CCn1c2cc(C)oc2c2cnn(CC(=O)N3CCCCCC3)c(=O)c21.